The molecule has 0 amide bonds. The fourth-order valence-electron chi connectivity index (χ4n) is 1.66. The second-order valence-corrected chi connectivity index (χ2v) is 4.02. The van der Waals surface area contributed by atoms with E-state index in [1.807, 2.05) is 17.7 Å². The van der Waals surface area contributed by atoms with Crippen molar-refractivity contribution in [1.29, 1.82) is 0 Å². The van der Waals surface area contributed by atoms with Gasteiger partial charge in [0.05, 0.1) is 6.33 Å². The summed E-state index contributed by atoms with van der Waals surface area (Å²) in [5.41, 5.74) is 5.43. The Morgan fingerprint density at radius 1 is 1.56 bits per heavy atom. The van der Waals surface area contributed by atoms with Crippen LogP contribution in [0.3, 0.4) is 0 Å². The van der Waals surface area contributed by atoms with Crippen molar-refractivity contribution in [3.8, 4) is 0 Å². The van der Waals surface area contributed by atoms with Crippen LogP contribution in [0.2, 0.25) is 0 Å². The summed E-state index contributed by atoms with van der Waals surface area (Å²) >= 11 is 0. The van der Waals surface area contributed by atoms with Gasteiger partial charge in [-0.25, -0.2) is 4.98 Å². The lowest BCUT2D eigenvalue weighted by molar-refractivity contribution is 0.315. The summed E-state index contributed by atoms with van der Waals surface area (Å²) in [6.07, 6.45) is 6.00. The van der Waals surface area contributed by atoms with Crippen molar-refractivity contribution < 1.29 is 5.21 Å². The van der Waals surface area contributed by atoms with E-state index in [9.17, 15) is 0 Å². The van der Waals surface area contributed by atoms with Gasteiger partial charge in [0.1, 0.15) is 5.84 Å². The van der Waals surface area contributed by atoms with Crippen LogP contribution >= 0.6 is 0 Å². The Morgan fingerprint density at radius 3 is 2.88 bits per heavy atom. The Hall–Kier alpha value is -1.56. The molecule has 0 spiro atoms. The monoisotopic (exact) mass is 225 g/mol. The summed E-state index contributed by atoms with van der Waals surface area (Å²) in [7, 11) is 0. The number of nitrogens with two attached hydrogens (primary N) is 1. The van der Waals surface area contributed by atoms with Crippen LogP contribution in [0.15, 0.2) is 23.9 Å². The first-order valence-electron chi connectivity index (χ1n) is 5.30. The summed E-state index contributed by atoms with van der Waals surface area (Å²) < 4.78 is 2.01. The molecule has 90 valence electrons. The first-order valence-corrected chi connectivity index (χ1v) is 5.30. The third-order valence-corrected chi connectivity index (χ3v) is 2.26. The van der Waals surface area contributed by atoms with Gasteiger partial charge in [-0.15, -0.1) is 0 Å². The quantitative estimate of drug-likeness (QED) is 0.283. The number of aromatic nitrogens is 2. The zero-order valence-corrected chi connectivity index (χ0v) is 9.67. The van der Waals surface area contributed by atoms with Crippen molar-refractivity contribution in [2.24, 2.45) is 10.9 Å². The van der Waals surface area contributed by atoms with Crippen molar-refractivity contribution in [3.63, 3.8) is 0 Å². The van der Waals surface area contributed by atoms with E-state index < -0.39 is 0 Å². The normalized spacial score (nSPS) is 16.0. The zero-order chi connectivity index (χ0) is 12.0. The molecule has 0 aliphatic carbocycles. The molecule has 0 fully saturated rings. The summed E-state index contributed by atoms with van der Waals surface area (Å²) in [4.78, 5) is 3.98. The van der Waals surface area contributed by atoms with Crippen LogP contribution in [-0.2, 0) is 6.54 Å². The van der Waals surface area contributed by atoms with Crippen molar-refractivity contribution in [2.45, 2.75) is 38.9 Å². The minimum absolute atomic E-state index is 0.175. The Morgan fingerprint density at radius 2 is 2.31 bits per heavy atom. The van der Waals surface area contributed by atoms with Crippen LogP contribution in [0, 0.1) is 0 Å². The van der Waals surface area contributed by atoms with Crippen LogP contribution in [0.1, 0.15) is 20.3 Å². The molecule has 2 unspecified atom stereocenters. The average Bonchev–Trinajstić information content (AvgIpc) is 2.69. The molecule has 0 saturated carbocycles. The van der Waals surface area contributed by atoms with Crippen molar-refractivity contribution in [1.82, 2.24) is 14.9 Å². The molecule has 1 rings (SSSR count). The topological polar surface area (TPSA) is 88.5 Å². The lowest BCUT2D eigenvalue weighted by atomic mass is 10.2. The molecule has 2 atom stereocenters. The molecule has 1 heterocycles. The van der Waals surface area contributed by atoms with E-state index in [1.165, 1.54) is 0 Å². The zero-order valence-electron chi connectivity index (χ0n) is 9.67. The Labute approximate surface area is 95.2 Å². The highest BCUT2D eigenvalue weighted by molar-refractivity contribution is 5.80. The van der Waals surface area contributed by atoms with E-state index in [-0.39, 0.29) is 11.9 Å². The second-order valence-electron chi connectivity index (χ2n) is 4.02. The number of amidine groups is 1. The van der Waals surface area contributed by atoms with Gasteiger partial charge in [-0.1, -0.05) is 5.16 Å². The van der Waals surface area contributed by atoms with E-state index >= 15 is 0 Å². The van der Waals surface area contributed by atoms with E-state index in [4.69, 9.17) is 10.9 Å². The lowest BCUT2D eigenvalue weighted by Gasteiger charge is -2.19. The van der Waals surface area contributed by atoms with Gasteiger partial charge in [-0.05, 0) is 13.8 Å². The predicted octanol–water partition coefficient (Wildman–Crippen LogP) is 0.386. The van der Waals surface area contributed by atoms with Gasteiger partial charge in [0, 0.05) is 37.4 Å². The first-order chi connectivity index (χ1) is 7.61. The number of nitrogens with one attached hydrogen (secondary N) is 1. The van der Waals surface area contributed by atoms with Gasteiger partial charge >= 0.3 is 0 Å². The summed E-state index contributed by atoms with van der Waals surface area (Å²) in [5.74, 6) is 0.245. The fourth-order valence-corrected chi connectivity index (χ4v) is 1.66. The van der Waals surface area contributed by atoms with E-state index in [1.54, 1.807) is 12.5 Å². The van der Waals surface area contributed by atoms with Gasteiger partial charge < -0.3 is 20.8 Å². The molecule has 0 saturated heterocycles. The predicted molar refractivity (Wildman–Crippen MR) is 62.3 cm³/mol. The highest BCUT2D eigenvalue weighted by atomic mass is 16.4. The summed E-state index contributed by atoms with van der Waals surface area (Å²) in [6.45, 7) is 4.94. The minimum Gasteiger partial charge on any atom is -0.409 e. The summed E-state index contributed by atoms with van der Waals surface area (Å²) in [5, 5.41) is 14.8. The Kier molecular flexibility index (Phi) is 4.78. The van der Waals surface area contributed by atoms with Crippen molar-refractivity contribution >= 4 is 5.84 Å². The molecule has 6 nitrogen and oxygen atoms in total. The molecule has 0 aliphatic rings. The molecule has 1 aromatic rings. The maximum atomic E-state index is 8.45. The van der Waals surface area contributed by atoms with Crippen molar-refractivity contribution in [3.05, 3.63) is 18.7 Å². The van der Waals surface area contributed by atoms with E-state index in [2.05, 4.69) is 22.4 Å². The highest BCUT2D eigenvalue weighted by Crippen LogP contribution is 1.97. The number of hydrogen-bond acceptors (Lipinski definition) is 4. The molecule has 1 aromatic heterocycles. The van der Waals surface area contributed by atoms with Gasteiger partial charge in [0.2, 0.25) is 0 Å². The Bertz CT molecular complexity index is 322. The molecular formula is C10H19N5O. The Balaban J connectivity index is 2.31. The van der Waals surface area contributed by atoms with Crippen LogP contribution in [0.5, 0.6) is 0 Å². The molecule has 0 aromatic carbocycles. The van der Waals surface area contributed by atoms with Crippen LogP contribution in [0.25, 0.3) is 0 Å². The van der Waals surface area contributed by atoms with Gasteiger partial charge in [0.25, 0.3) is 0 Å². The SMILES string of the molecule is CC(CC(N)=NO)NC(C)Cn1ccnc1. The molecule has 6 heteroatoms. The molecular weight excluding hydrogens is 206 g/mol. The molecule has 0 radical (unpaired) electrons. The lowest BCUT2D eigenvalue weighted by Crippen LogP contribution is -2.39. The number of hydrogen-bond donors (Lipinski definition) is 3. The average molecular weight is 225 g/mol. The molecule has 4 N–H and O–H groups in total. The third-order valence-electron chi connectivity index (χ3n) is 2.26. The van der Waals surface area contributed by atoms with Crippen LogP contribution in [0.4, 0.5) is 0 Å². The number of imidazole rings is 1. The fraction of sp³-hybridized carbons (Fsp3) is 0.600. The van der Waals surface area contributed by atoms with Gasteiger partial charge in [-0.2, -0.15) is 0 Å². The highest BCUT2D eigenvalue weighted by Gasteiger charge is 2.09. The largest absolute Gasteiger partial charge is 0.409 e. The third kappa shape index (κ3) is 4.31. The van der Waals surface area contributed by atoms with Crippen LogP contribution in [-0.4, -0.2) is 32.7 Å². The van der Waals surface area contributed by atoms with E-state index in [0.29, 0.717) is 12.5 Å². The minimum atomic E-state index is 0.175. The standard InChI is InChI=1S/C10H19N5O/c1-8(5-10(11)14-16)13-9(2)6-15-4-3-12-7-15/h3-4,7-9,13,16H,5-6H2,1-2H3,(H2,11,14). The number of nitrogens with zero attached hydrogens (tertiary/aromatic N) is 3. The molecule has 16 heavy (non-hydrogen) atoms. The molecule has 0 bridgehead atoms. The van der Waals surface area contributed by atoms with Gasteiger partial charge in [0.15, 0.2) is 0 Å². The summed E-state index contributed by atoms with van der Waals surface area (Å²) in [6, 6.07) is 0.477. The maximum Gasteiger partial charge on any atom is 0.140 e. The van der Waals surface area contributed by atoms with Crippen LogP contribution < -0.4 is 11.1 Å². The van der Waals surface area contributed by atoms with Crippen molar-refractivity contribution in [2.75, 3.05) is 0 Å². The second kappa shape index (κ2) is 6.12. The smallest absolute Gasteiger partial charge is 0.140 e. The number of oxime groups is 1. The maximum absolute atomic E-state index is 8.45. The van der Waals surface area contributed by atoms with Gasteiger partial charge in [-0.3, -0.25) is 0 Å². The molecule has 0 aliphatic heterocycles. The number of rotatable bonds is 6. The first kappa shape index (κ1) is 12.5. The van der Waals surface area contributed by atoms with E-state index in [0.717, 1.165) is 6.54 Å².